The predicted molar refractivity (Wildman–Crippen MR) is 194 cm³/mol. The van der Waals surface area contributed by atoms with Crippen LogP contribution in [0.2, 0.25) is 0 Å². The van der Waals surface area contributed by atoms with Gasteiger partial charge >= 0.3 is 0 Å². The summed E-state index contributed by atoms with van der Waals surface area (Å²) in [6.45, 7) is 13.4. The molecule has 274 valence electrons. The molecule has 2 amide bonds. The summed E-state index contributed by atoms with van der Waals surface area (Å²) in [7, 11) is 0. The maximum Gasteiger partial charge on any atom is 0.246 e. The Hall–Kier alpha value is -4.34. The minimum absolute atomic E-state index is 0.0269. The largest absolute Gasteiger partial charge is 0.344 e. The number of carbonyl (C=O) groups excluding carboxylic acids is 6. The molecule has 1 N–H and O–H groups in total. The average Bonchev–Trinajstić information content (AvgIpc) is 3.70. The van der Waals surface area contributed by atoms with Crippen LogP contribution in [-0.2, 0) is 24.0 Å². The van der Waals surface area contributed by atoms with Crippen LogP contribution >= 0.6 is 0 Å². The normalized spacial score (nSPS) is 20.7. The van der Waals surface area contributed by atoms with Crippen LogP contribution in [0.5, 0.6) is 0 Å². The number of fused-ring (bicyclic) bond motifs is 1. The number of carbonyl (C=O) groups is 6. The summed E-state index contributed by atoms with van der Waals surface area (Å²) in [6.07, 6.45) is 9.83. The fourth-order valence-electron chi connectivity index (χ4n) is 7.48. The lowest BCUT2D eigenvalue weighted by atomic mass is 9.82. The molecule has 1 aliphatic carbocycles. The Morgan fingerprint density at radius 1 is 0.961 bits per heavy atom. The summed E-state index contributed by atoms with van der Waals surface area (Å²) in [5, 5.41) is 2.98. The van der Waals surface area contributed by atoms with Gasteiger partial charge in [-0.1, -0.05) is 97.4 Å². The molecule has 4 rings (SSSR count). The number of nitrogens with zero attached hydrogens (tertiary/aromatic N) is 3. The Bertz CT molecular complexity index is 1600. The maximum atomic E-state index is 14.5. The van der Waals surface area contributed by atoms with Gasteiger partial charge in [-0.25, -0.2) is 4.98 Å². The molecule has 1 aliphatic heterocycles. The molecule has 7 atom stereocenters. The first-order valence-corrected chi connectivity index (χ1v) is 18.3. The number of nitrogens with one attached hydrogen (secondary N) is 1. The van der Waals surface area contributed by atoms with E-state index in [-0.39, 0.29) is 66.1 Å². The van der Waals surface area contributed by atoms with Crippen molar-refractivity contribution in [1.82, 2.24) is 20.2 Å². The summed E-state index contributed by atoms with van der Waals surface area (Å²) < 4.78 is 0. The first-order valence-electron chi connectivity index (χ1n) is 18.3. The van der Waals surface area contributed by atoms with Crippen molar-refractivity contribution in [2.75, 3.05) is 6.54 Å². The van der Waals surface area contributed by atoms with E-state index in [1.54, 1.807) is 4.90 Å². The third-order valence-corrected chi connectivity index (χ3v) is 10.5. The fraction of sp³-hybridized carbons (Fsp3) is 0.561. The molecule has 1 saturated heterocycles. The van der Waals surface area contributed by atoms with E-state index < -0.39 is 46.8 Å². The molecule has 1 fully saturated rings. The molecule has 0 saturated carbocycles. The van der Waals surface area contributed by atoms with Gasteiger partial charge in [0.15, 0.2) is 17.3 Å². The lowest BCUT2D eigenvalue weighted by Gasteiger charge is -2.37. The second-order valence-electron chi connectivity index (χ2n) is 15.8. The molecule has 1 aromatic carbocycles. The van der Waals surface area contributed by atoms with Crippen molar-refractivity contribution in [2.45, 2.75) is 105 Å². The number of allylic oxidation sites excluding steroid dienone is 1. The summed E-state index contributed by atoms with van der Waals surface area (Å²) >= 11 is 0. The van der Waals surface area contributed by atoms with Crippen molar-refractivity contribution < 1.29 is 28.8 Å². The van der Waals surface area contributed by atoms with Crippen molar-refractivity contribution in [3.05, 3.63) is 72.3 Å². The lowest BCUT2D eigenvalue weighted by Crippen LogP contribution is -2.58. The van der Waals surface area contributed by atoms with Crippen molar-refractivity contribution in [3.63, 3.8) is 0 Å². The van der Waals surface area contributed by atoms with Gasteiger partial charge < -0.3 is 10.2 Å². The Balaban J connectivity index is 1.53. The molecule has 10 heteroatoms. The van der Waals surface area contributed by atoms with Gasteiger partial charge in [-0.3, -0.25) is 33.8 Å². The van der Waals surface area contributed by atoms with Crippen molar-refractivity contribution in [2.24, 2.45) is 35.0 Å². The quantitative estimate of drug-likeness (QED) is 0.121. The van der Waals surface area contributed by atoms with Crippen LogP contribution in [0.25, 0.3) is 0 Å². The van der Waals surface area contributed by atoms with Crippen LogP contribution in [0, 0.1) is 35.0 Å². The van der Waals surface area contributed by atoms with E-state index in [9.17, 15) is 28.8 Å². The van der Waals surface area contributed by atoms with Crippen LogP contribution in [0.15, 0.2) is 61.1 Å². The van der Waals surface area contributed by atoms with E-state index in [1.807, 2.05) is 91.0 Å². The van der Waals surface area contributed by atoms with Crippen LogP contribution in [0.1, 0.15) is 109 Å². The Morgan fingerprint density at radius 3 is 2.27 bits per heavy atom. The topological polar surface area (TPSA) is 143 Å². The molecular formula is C41H54N4O6. The zero-order chi connectivity index (χ0) is 37.5. The number of ketones is 4. The van der Waals surface area contributed by atoms with Crippen molar-refractivity contribution in [3.8, 4) is 0 Å². The number of aromatic nitrogens is 2. The minimum Gasteiger partial charge on any atom is -0.344 e. The zero-order valence-electron chi connectivity index (χ0n) is 31.1. The SMILES string of the molecule is CCCC(CC(=O)[C@@H]1[C@H]2CC=C[C@H]2CN1C(=O)[C@@H](NC(=O)[C@H](CC(=O)c1cnccn1)C(C)C)C(C)(C)C)C(=O)C(=O)C[C@@H](C)c1ccccc1. The number of amides is 2. The van der Waals surface area contributed by atoms with Crippen molar-refractivity contribution in [1.29, 1.82) is 0 Å². The van der Waals surface area contributed by atoms with Crippen LogP contribution in [-0.4, -0.2) is 68.4 Å². The van der Waals surface area contributed by atoms with Gasteiger partial charge in [-0.05, 0) is 47.5 Å². The number of likely N-dealkylation sites (tertiary alicyclic amines) is 1. The molecule has 10 nitrogen and oxygen atoms in total. The van der Waals surface area contributed by atoms with Gasteiger partial charge in [0.25, 0.3) is 0 Å². The van der Waals surface area contributed by atoms with Crippen LogP contribution in [0.4, 0.5) is 0 Å². The molecule has 51 heavy (non-hydrogen) atoms. The summed E-state index contributed by atoms with van der Waals surface area (Å²) in [4.78, 5) is 92.1. The minimum atomic E-state index is -0.981. The third kappa shape index (κ3) is 9.71. The highest BCUT2D eigenvalue weighted by molar-refractivity contribution is 6.38. The first-order chi connectivity index (χ1) is 24.1. The smallest absolute Gasteiger partial charge is 0.246 e. The Kier molecular flexibility index (Phi) is 13.3. The Labute approximate surface area is 302 Å². The first kappa shape index (κ1) is 39.4. The summed E-state index contributed by atoms with van der Waals surface area (Å²) in [5.41, 5.74) is 0.413. The number of hydrogen-bond donors (Lipinski definition) is 1. The standard InChI is InChI=1S/C41H54N4O6/c1-8-13-28(37(49)35(48)20-26(4)27-14-10-9-11-15-27)21-34(47)36-30-17-12-16-29(30)24-45(36)40(51)38(41(5,6)7)44-39(50)31(25(2)3)22-33(46)32-23-42-18-19-43-32/h9-12,14-16,18-19,23,25-26,28-31,36,38H,8,13,17,20-22,24H2,1-7H3,(H,44,50)/t26-,28?,29+,30+,31-,36+,38-/m1/s1. The van der Waals surface area contributed by atoms with E-state index in [4.69, 9.17) is 0 Å². The molecule has 0 radical (unpaired) electrons. The lowest BCUT2D eigenvalue weighted by molar-refractivity contribution is -0.146. The number of benzene rings is 1. The van der Waals surface area contributed by atoms with Gasteiger partial charge in [0.05, 0.1) is 12.2 Å². The zero-order valence-corrected chi connectivity index (χ0v) is 31.1. The van der Waals surface area contributed by atoms with Crippen LogP contribution in [0.3, 0.4) is 0 Å². The number of hydrogen-bond acceptors (Lipinski definition) is 8. The molecule has 2 aromatic rings. The van der Waals surface area contributed by atoms with Gasteiger partial charge in [-0.15, -0.1) is 0 Å². The average molecular weight is 699 g/mol. The second kappa shape index (κ2) is 17.2. The van der Waals surface area contributed by atoms with Crippen molar-refractivity contribution >= 4 is 34.9 Å². The predicted octanol–water partition coefficient (Wildman–Crippen LogP) is 5.96. The molecule has 2 heterocycles. The fourth-order valence-corrected chi connectivity index (χ4v) is 7.48. The highest BCUT2D eigenvalue weighted by atomic mass is 16.2. The van der Waals surface area contributed by atoms with E-state index >= 15 is 0 Å². The molecular weight excluding hydrogens is 644 g/mol. The molecule has 1 aromatic heterocycles. The van der Waals surface area contributed by atoms with Gasteiger partial charge in [0.1, 0.15) is 11.7 Å². The summed E-state index contributed by atoms with van der Waals surface area (Å²) in [5.74, 6) is -4.35. The number of Topliss-reactive ketones (excluding diaryl/α,β-unsaturated/α-hetero) is 4. The molecule has 2 aliphatic rings. The monoisotopic (exact) mass is 698 g/mol. The van der Waals surface area contributed by atoms with E-state index in [0.29, 0.717) is 25.8 Å². The second-order valence-corrected chi connectivity index (χ2v) is 15.8. The Morgan fingerprint density at radius 2 is 1.67 bits per heavy atom. The van der Waals surface area contributed by atoms with E-state index in [2.05, 4.69) is 15.3 Å². The highest BCUT2D eigenvalue weighted by Crippen LogP contribution is 2.41. The molecule has 0 spiro atoms. The summed E-state index contributed by atoms with van der Waals surface area (Å²) in [6, 6.07) is 7.80. The molecule has 1 unspecified atom stereocenters. The highest BCUT2D eigenvalue weighted by Gasteiger charge is 2.51. The van der Waals surface area contributed by atoms with Crippen LogP contribution < -0.4 is 5.32 Å². The van der Waals surface area contributed by atoms with E-state index in [1.165, 1.54) is 18.6 Å². The van der Waals surface area contributed by atoms with Gasteiger partial charge in [-0.2, -0.15) is 0 Å². The maximum absolute atomic E-state index is 14.5. The molecule has 0 bridgehead atoms. The van der Waals surface area contributed by atoms with Gasteiger partial charge in [0, 0.05) is 50.0 Å². The third-order valence-electron chi connectivity index (χ3n) is 10.5. The van der Waals surface area contributed by atoms with Gasteiger partial charge in [0.2, 0.25) is 17.6 Å². The van der Waals surface area contributed by atoms with E-state index in [0.717, 1.165) is 5.56 Å². The number of rotatable bonds is 17.